The van der Waals surface area contributed by atoms with Gasteiger partial charge in [0.2, 0.25) is 0 Å². The number of hydrogen-bond acceptors (Lipinski definition) is 5. The highest BCUT2D eigenvalue weighted by Crippen LogP contribution is 2.18. The molecule has 24 heavy (non-hydrogen) atoms. The highest BCUT2D eigenvalue weighted by atomic mass is 16.2. The first-order valence-electron chi connectivity index (χ1n) is 8.58. The standard InChI is InChI=1S/C16H25N7O/c1-12-6-3-4-10-23(12)11-5-8-17-16(24)15-14(19-21-20-15)13-7-9-18-22(13)2/h7,9,12H,3-6,8,10-11H2,1-2H3,(H,17,24)(H,19,20,21). The minimum atomic E-state index is -0.202. The van der Waals surface area contributed by atoms with E-state index in [0.717, 1.165) is 18.7 Å². The van der Waals surface area contributed by atoms with Crippen molar-refractivity contribution in [3.05, 3.63) is 18.0 Å². The summed E-state index contributed by atoms with van der Waals surface area (Å²) in [5, 5.41) is 17.7. The zero-order valence-electron chi connectivity index (χ0n) is 14.3. The van der Waals surface area contributed by atoms with Crippen LogP contribution in [0.2, 0.25) is 0 Å². The normalized spacial score (nSPS) is 18.7. The average molecular weight is 331 g/mol. The van der Waals surface area contributed by atoms with Crippen LogP contribution in [-0.2, 0) is 7.05 Å². The van der Waals surface area contributed by atoms with Gasteiger partial charge in [-0.25, -0.2) is 0 Å². The molecule has 130 valence electrons. The third kappa shape index (κ3) is 3.64. The van der Waals surface area contributed by atoms with Crippen LogP contribution in [0, 0.1) is 0 Å². The van der Waals surface area contributed by atoms with Gasteiger partial charge in [0.1, 0.15) is 5.69 Å². The number of piperidine rings is 1. The Kier molecular flexibility index (Phi) is 5.24. The molecule has 1 fully saturated rings. The number of amides is 1. The second kappa shape index (κ2) is 7.57. The highest BCUT2D eigenvalue weighted by Gasteiger charge is 2.20. The van der Waals surface area contributed by atoms with Crippen molar-refractivity contribution in [3.8, 4) is 11.4 Å². The summed E-state index contributed by atoms with van der Waals surface area (Å²) in [5.41, 5.74) is 1.60. The molecule has 0 bridgehead atoms. The van der Waals surface area contributed by atoms with Crippen LogP contribution in [0.15, 0.2) is 12.3 Å². The summed E-state index contributed by atoms with van der Waals surface area (Å²) >= 11 is 0. The van der Waals surface area contributed by atoms with Crippen LogP contribution in [0.25, 0.3) is 11.4 Å². The number of aromatic amines is 1. The number of hydrogen-bond donors (Lipinski definition) is 2. The number of nitrogens with one attached hydrogen (secondary N) is 2. The van der Waals surface area contributed by atoms with Gasteiger partial charge >= 0.3 is 0 Å². The van der Waals surface area contributed by atoms with Crippen molar-refractivity contribution in [2.75, 3.05) is 19.6 Å². The third-order valence-corrected chi connectivity index (χ3v) is 4.67. The summed E-state index contributed by atoms with van der Waals surface area (Å²) in [7, 11) is 1.81. The van der Waals surface area contributed by atoms with E-state index in [4.69, 9.17) is 0 Å². The number of likely N-dealkylation sites (tertiary alicyclic amines) is 1. The maximum atomic E-state index is 12.4. The third-order valence-electron chi connectivity index (χ3n) is 4.67. The zero-order valence-corrected chi connectivity index (χ0v) is 14.3. The van der Waals surface area contributed by atoms with E-state index in [-0.39, 0.29) is 5.91 Å². The summed E-state index contributed by atoms with van der Waals surface area (Å²) < 4.78 is 1.67. The van der Waals surface area contributed by atoms with E-state index in [1.54, 1.807) is 10.9 Å². The van der Waals surface area contributed by atoms with Gasteiger partial charge < -0.3 is 10.2 Å². The van der Waals surface area contributed by atoms with Crippen molar-refractivity contribution in [1.82, 2.24) is 35.4 Å². The quantitative estimate of drug-likeness (QED) is 0.776. The summed E-state index contributed by atoms with van der Waals surface area (Å²) in [5.74, 6) is -0.202. The molecule has 2 aromatic rings. The van der Waals surface area contributed by atoms with E-state index in [0.29, 0.717) is 24.0 Å². The number of carbonyl (C=O) groups excluding carboxylic acids is 1. The lowest BCUT2D eigenvalue weighted by molar-refractivity contribution is 0.0944. The Morgan fingerprint density at radius 2 is 2.29 bits per heavy atom. The molecule has 1 unspecified atom stereocenters. The van der Waals surface area contributed by atoms with Crippen molar-refractivity contribution in [3.63, 3.8) is 0 Å². The number of aryl methyl sites for hydroxylation is 1. The largest absolute Gasteiger partial charge is 0.351 e. The van der Waals surface area contributed by atoms with Crippen molar-refractivity contribution >= 4 is 5.91 Å². The highest BCUT2D eigenvalue weighted by molar-refractivity contribution is 5.97. The SMILES string of the molecule is CC1CCCCN1CCCNC(=O)c1n[nH]nc1-c1ccnn1C. The van der Waals surface area contributed by atoms with Gasteiger partial charge in [-0.3, -0.25) is 9.48 Å². The minimum Gasteiger partial charge on any atom is -0.351 e. The molecule has 0 radical (unpaired) electrons. The van der Waals surface area contributed by atoms with Crippen molar-refractivity contribution in [2.24, 2.45) is 7.05 Å². The second-order valence-electron chi connectivity index (χ2n) is 6.35. The number of nitrogens with zero attached hydrogens (tertiary/aromatic N) is 5. The van der Waals surface area contributed by atoms with E-state index in [1.807, 2.05) is 13.1 Å². The Bertz CT molecular complexity index is 678. The molecule has 1 amide bonds. The van der Waals surface area contributed by atoms with Gasteiger partial charge in [-0.2, -0.15) is 20.5 Å². The predicted molar refractivity (Wildman–Crippen MR) is 90.4 cm³/mol. The van der Waals surface area contributed by atoms with Crippen LogP contribution >= 0.6 is 0 Å². The van der Waals surface area contributed by atoms with E-state index in [9.17, 15) is 4.79 Å². The van der Waals surface area contributed by atoms with Crippen molar-refractivity contribution in [1.29, 1.82) is 0 Å². The molecule has 0 aromatic carbocycles. The van der Waals surface area contributed by atoms with E-state index in [2.05, 4.69) is 37.6 Å². The maximum Gasteiger partial charge on any atom is 0.274 e. The van der Waals surface area contributed by atoms with Gasteiger partial charge in [0.15, 0.2) is 5.69 Å². The van der Waals surface area contributed by atoms with Gasteiger partial charge in [-0.15, -0.1) is 0 Å². The molecule has 2 aromatic heterocycles. The Hall–Kier alpha value is -2.22. The lowest BCUT2D eigenvalue weighted by Crippen LogP contribution is -2.39. The van der Waals surface area contributed by atoms with Crippen LogP contribution in [-0.4, -0.2) is 61.7 Å². The molecular weight excluding hydrogens is 306 g/mol. The van der Waals surface area contributed by atoms with Gasteiger partial charge in [-0.05, 0) is 38.8 Å². The topological polar surface area (TPSA) is 91.7 Å². The Balaban J connectivity index is 1.51. The lowest BCUT2D eigenvalue weighted by atomic mass is 10.0. The summed E-state index contributed by atoms with van der Waals surface area (Å²) in [4.78, 5) is 14.9. The number of rotatable bonds is 6. The van der Waals surface area contributed by atoms with Gasteiger partial charge in [-0.1, -0.05) is 6.42 Å². The molecule has 0 spiro atoms. The van der Waals surface area contributed by atoms with Crippen LogP contribution in [0.5, 0.6) is 0 Å². The fourth-order valence-electron chi connectivity index (χ4n) is 3.23. The first kappa shape index (κ1) is 16.6. The van der Waals surface area contributed by atoms with Crippen LogP contribution in [0.3, 0.4) is 0 Å². The molecule has 8 nitrogen and oxygen atoms in total. The smallest absolute Gasteiger partial charge is 0.274 e. The van der Waals surface area contributed by atoms with Crippen molar-refractivity contribution < 1.29 is 4.79 Å². The van der Waals surface area contributed by atoms with Gasteiger partial charge in [0.05, 0.1) is 5.69 Å². The molecule has 0 saturated carbocycles. The molecule has 8 heteroatoms. The summed E-state index contributed by atoms with van der Waals surface area (Å²) in [6.45, 7) is 5.12. The molecule has 1 atom stereocenters. The Morgan fingerprint density at radius 3 is 3.04 bits per heavy atom. The predicted octanol–water partition coefficient (Wildman–Crippen LogP) is 1.20. The number of H-pyrrole nitrogens is 1. The van der Waals surface area contributed by atoms with Crippen LogP contribution < -0.4 is 5.32 Å². The van der Waals surface area contributed by atoms with Crippen LogP contribution in [0.4, 0.5) is 0 Å². The monoisotopic (exact) mass is 331 g/mol. The van der Waals surface area contributed by atoms with Crippen molar-refractivity contribution in [2.45, 2.75) is 38.6 Å². The average Bonchev–Trinajstić information content (AvgIpc) is 3.21. The van der Waals surface area contributed by atoms with Gasteiger partial charge in [0.25, 0.3) is 5.91 Å². The second-order valence-corrected chi connectivity index (χ2v) is 6.35. The molecule has 0 aliphatic carbocycles. The molecule has 1 aliphatic rings. The van der Waals surface area contributed by atoms with Crippen LogP contribution in [0.1, 0.15) is 43.1 Å². The molecule has 2 N–H and O–H groups in total. The summed E-state index contributed by atoms with van der Waals surface area (Å²) in [6.07, 6.45) is 6.50. The molecule has 1 saturated heterocycles. The fraction of sp³-hybridized carbons (Fsp3) is 0.625. The maximum absolute atomic E-state index is 12.4. The first-order chi connectivity index (χ1) is 11.7. The van der Waals surface area contributed by atoms with E-state index < -0.39 is 0 Å². The van der Waals surface area contributed by atoms with E-state index >= 15 is 0 Å². The zero-order chi connectivity index (χ0) is 16.9. The fourth-order valence-corrected chi connectivity index (χ4v) is 3.23. The molecular formula is C16H25N7O. The minimum absolute atomic E-state index is 0.202. The number of carbonyl (C=O) groups is 1. The first-order valence-corrected chi connectivity index (χ1v) is 8.58. The Morgan fingerprint density at radius 1 is 1.42 bits per heavy atom. The summed E-state index contributed by atoms with van der Waals surface area (Å²) in [6, 6.07) is 2.47. The van der Waals surface area contributed by atoms with E-state index in [1.165, 1.54) is 25.8 Å². The number of aromatic nitrogens is 5. The lowest BCUT2D eigenvalue weighted by Gasteiger charge is -2.33. The molecule has 3 heterocycles. The van der Waals surface area contributed by atoms with Gasteiger partial charge in [0, 0.05) is 32.4 Å². The molecule has 3 rings (SSSR count). The Labute approximate surface area is 141 Å². The molecule has 1 aliphatic heterocycles.